The van der Waals surface area contributed by atoms with E-state index in [4.69, 9.17) is 4.74 Å². The van der Waals surface area contributed by atoms with Crippen LogP contribution in [0.25, 0.3) is 5.52 Å². The minimum atomic E-state index is -0.313. The van der Waals surface area contributed by atoms with Gasteiger partial charge in [-0.25, -0.2) is 14.4 Å². The van der Waals surface area contributed by atoms with Crippen LogP contribution in [-0.2, 0) is 0 Å². The number of pyridine rings is 1. The third kappa shape index (κ3) is 3.07. The number of halogens is 1. The number of nitrogens with zero attached hydrogens (tertiary/aromatic N) is 4. The summed E-state index contributed by atoms with van der Waals surface area (Å²) in [5.74, 6) is 0.588. The van der Waals surface area contributed by atoms with Crippen molar-refractivity contribution in [2.24, 2.45) is 0 Å². The van der Waals surface area contributed by atoms with Gasteiger partial charge in [0.15, 0.2) is 10.3 Å². The van der Waals surface area contributed by atoms with E-state index in [9.17, 15) is 4.39 Å². The van der Waals surface area contributed by atoms with Gasteiger partial charge < -0.3 is 4.74 Å². The second-order valence-corrected chi connectivity index (χ2v) is 5.81. The van der Waals surface area contributed by atoms with Crippen LogP contribution in [0.15, 0.2) is 77.4 Å². The molecule has 4 aromatic rings. The van der Waals surface area contributed by atoms with Gasteiger partial charge >= 0.3 is 0 Å². The maximum Gasteiger partial charge on any atom is 0.223 e. The molecule has 0 atom stereocenters. The number of fused-ring (bicyclic) bond motifs is 1. The van der Waals surface area contributed by atoms with E-state index in [0.29, 0.717) is 16.8 Å². The molecule has 24 heavy (non-hydrogen) atoms. The molecule has 0 aliphatic rings. The number of aromatic nitrogens is 4. The lowest BCUT2D eigenvalue weighted by molar-refractivity contribution is 0.454. The monoisotopic (exact) mass is 338 g/mol. The maximum atomic E-state index is 12.9. The van der Waals surface area contributed by atoms with Crippen LogP contribution in [0.1, 0.15) is 0 Å². The molecule has 0 radical (unpaired) electrons. The van der Waals surface area contributed by atoms with Crippen LogP contribution in [0.5, 0.6) is 11.6 Å². The van der Waals surface area contributed by atoms with E-state index in [0.717, 1.165) is 10.7 Å². The molecule has 0 N–H and O–H groups in total. The SMILES string of the molecule is Fc1ccc(Oc2ccnc(Sc3ncc4ccccn34)n2)cc1. The first-order chi connectivity index (χ1) is 11.8. The average Bonchev–Trinajstić information content (AvgIpc) is 3.01. The predicted molar refractivity (Wildman–Crippen MR) is 87.8 cm³/mol. The van der Waals surface area contributed by atoms with Gasteiger partial charge in [-0.2, -0.15) is 4.98 Å². The largest absolute Gasteiger partial charge is 0.439 e. The summed E-state index contributed by atoms with van der Waals surface area (Å²) in [6.45, 7) is 0. The summed E-state index contributed by atoms with van der Waals surface area (Å²) in [4.78, 5) is 13.0. The number of rotatable bonds is 4. The van der Waals surface area contributed by atoms with E-state index in [1.807, 2.05) is 28.8 Å². The highest BCUT2D eigenvalue weighted by molar-refractivity contribution is 7.99. The molecule has 118 valence electrons. The third-order valence-corrected chi connectivity index (χ3v) is 4.10. The molecule has 0 spiro atoms. The minimum Gasteiger partial charge on any atom is -0.439 e. The Hall–Kier alpha value is -2.93. The van der Waals surface area contributed by atoms with E-state index in [-0.39, 0.29) is 5.82 Å². The van der Waals surface area contributed by atoms with Gasteiger partial charge in [0.2, 0.25) is 5.88 Å². The molecule has 1 aromatic carbocycles. The van der Waals surface area contributed by atoms with Crippen molar-refractivity contribution in [1.82, 2.24) is 19.4 Å². The molecular formula is C17H11FN4OS. The third-order valence-electron chi connectivity index (χ3n) is 3.23. The Morgan fingerprint density at radius 3 is 2.75 bits per heavy atom. The molecule has 7 heteroatoms. The molecule has 0 bridgehead atoms. The molecule has 5 nitrogen and oxygen atoms in total. The smallest absolute Gasteiger partial charge is 0.223 e. The topological polar surface area (TPSA) is 52.3 Å². The fourth-order valence-corrected chi connectivity index (χ4v) is 2.91. The van der Waals surface area contributed by atoms with Gasteiger partial charge in [-0.3, -0.25) is 4.40 Å². The number of benzene rings is 1. The summed E-state index contributed by atoms with van der Waals surface area (Å²) in [5.41, 5.74) is 0.999. The number of hydrogen-bond acceptors (Lipinski definition) is 5. The van der Waals surface area contributed by atoms with Gasteiger partial charge in [-0.15, -0.1) is 0 Å². The summed E-state index contributed by atoms with van der Waals surface area (Å²) >= 11 is 1.34. The van der Waals surface area contributed by atoms with E-state index >= 15 is 0 Å². The van der Waals surface area contributed by atoms with Crippen molar-refractivity contribution in [2.75, 3.05) is 0 Å². The Morgan fingerprint density at radius 1 is 1.00 bits per heavy atom. The predicted octanol–water partition coefficient (Wildman–Crippen LogP) is 4.21. The molecule has 0 aliphatic heterocycles. The Kier molecular flexibility index (Phi) is 3.84. The Labute approximate surface area is 141 Å². The van der Waals surface area contributed by atoms with Gasteiger partial charge in [0, 0.05) is 18.5 Å². The van der Waals surface area contributed by atoms with E-state index in [1.165, 1.54) is 23.9 Å². The fourth-order valence-electron chi connectivity index (χ4n) is 2.13. The van der Waals surface area contributed by atoms with Crippen molar-refractivity contribution in [1.29, 1.82) is 0 Å². The average molecular weight is 338 g/mol. The molecule has 0 saturated heterocycles. The summed E-state index contributed by atoms with van der Waals surface area (Å²) < 4.78 is 20.5. The minimum absolute atomic E-state index is 0.313. The highest BCUT2D eigenvalue weighted by atomic mass is 32.2. The van der Waals surface area contributed by atoms with E-state index in [2.05, 4.69) is 15.0 Å². The molecule has 0 amide bonds. The van der Waals surface area contributed by atoms with Crippen LogP contribution in [0.3, 0.4) is 0 Å². The molecule has 3 aromatic heterocycles. The van der Waals surface area contributed by atoms with Crippen LogP contribution < -0.4 is 4.74 Å². The van der Waals surface area contributed by atoms with E-state index < -0.39 is 0 Å². The maximum absolute atomic E-state index is 12.9. The first-order valence-corrected chi connectivity index (χ1v) is 7.96. The second-order valence-electron chi connectivity index (χ2n) is 4.87. The van der Waals surface area contributed by atoms with Gasteiger partial charge in [-0.1, -0.05) is 6.07 Å². The summed E-state index contributed by atoms with van der Waals surface area (Å²) in [5, 5.41) is 1.29. The van der Waals surface area contributed by atoms with Gasteiger partial charge in [0.25, 0.3) is 0 Å². The quantitative estimate of drug-likeness (QED) is 0.522. The van der Waals surface area contributed by atoms with Crippen molar-refractivity contribution in [2.45, 2.75) is 10.3 Å². The lowest BCUT2D eigenvalue weighted by Gasteiger charge is -2.05. The van der Waals surface area contributed by atoms with Gasteiger partial charge in [0.1, 0.15) is 11.6 Å². The molecule has 0 aliphatic carbocycles. The zero-order valence-electron chi connectivity index (χ0n) is 12.3. The molecule has 0 saturated carbocycles. The fraction of sp³-hybridized carbons (Fsp3) is 0. The van der Waals surface area contributed by atoms with Crippen molar-refractivity contribution in [3.63, 3.8) is 0 Å². The Bertz CT molecular complexity index is 987. The Balaban J connectivity index is 1.57. The standard InChI is InChI=1S/C17H11FN4OS/c18-12-4-6-14(7-5-12)23-15-8-9-19-16(21-15)24-17-20-11-13-3-1-2-10-22(13)17/h1-11H. The first-order valence-electron chi connectivity index (χ1n) is 7.14. The number of imidazole rings is 1. The van der Waals surface area contributed by atoms with Crippen LogP contribution >= 0.6 is 11.8 Å². The van der Waals surface area contributed by atoms with Crippen molar-refractivity contribution in [3.05, 3.63) is 72.9 Å². The second kappa shape index (κ2) is 6.29. The van der Waals surface area contributed by atoms with Crippen LogP contribution in [0.2, 0.25) is 0 Å². The summed E-state index contributed by atoms with van der Waals surface area (Å²) in [6, 6.07) is 13.3. The molecule has 0 unspecified atom stereocenters. The molecule has 4 rings (SSSR count). The molecular weight excluding hydrogens is 327 g/mol. The van der Waals surface area contributed by atoms with Crippen LogP contribution in [0.4, 0.5) is 4.39 Å². The van der Waals surface area contributed by atoms with Crippen molar-refractivity contribution < 1.29 is 9.13 Å². The van der Waals surface area contributed by atoms with E-state index in [1.54, 1.807) is 30.6 Å². The highest BCUT2D eigenvalue weighted by Gasteiger charge is 2.09. The van der Waals surface area contributed by atoms with Crippen molar-refractivity contribution in [3.8, 4) is 11.6 Å². The van der Waals surface area contributed by atoms with Crippen LogP contribution in [-0.4, -0.2) is 19.4 Å². The van der Waals surface area contributed by atoms with Gasteiger partial charge in [0.05, 0.1) is 11.7 Å². The first kappa shape index (κ1) is 14.6. The number of ether oxygens (including phenoxy) is 1. The lowest BCUT2D eigenvalue weighted by Crippen LogP contribution is -1.93. The zero-order valence-corrected chi connectivity index (χ0v) is 13.2. The normalized spacial score (nSPS) is 10.9. The highest BCUT2D eigenvalue weighted by Crippen LogP contribution is 2.26. The lowest BCUT2D eigenvalue weighted by atomic mass is 10.3. The summed E-state index contributed by atoms with van der Waals surface area (Å²) in [7, 11) is 0. The number of hydrogen-bond donors (Lipinski definition) is 0. The Morgan fingerprint density at radius 2 is 1.88 bits per heavy atom. The van der Waals surface area contributed by atoms with Crippen molar-refractivity contribution >= 4 is 17.3 Å². The van der Waals surface area contributed by atoms with Crippen LogP contribution in [0, 0.1) is 5.82 Å². The molecule has 3 heterocycles. The molecule has 0 fully saturated rings. The zero-order chi connectivity index (χ0) is 16.4. The van der Waals surface area contributed by atoms with Gasteiger partial charge in [-0.05, 0) is 48.2 Å². The summed E-state index contributed by atoms with van der Waals surface area (Å²) in [6.07, 6.45) is 5.34.